The molecule has 0 aromatic heterocycles. The van der Waals surface area contributed by atoms with Crippen LogP contribution in [0.25, 0.3) is 0 Å². The van der Waals surface area contributed by atoms with Gasteiger partial charge in [0.15, 0.2) is 0 Å². The highest BCUT2D eigenvalue weighted by Gasteiger charge is 2.37. The predicted octanol–water partition coefficient (Wildman–Crippen LogP) is 4.15. The third-order valence-electron chi connectivity index (χ3n) is 4.11. The van der Waals surface area contributed by atoms with Crippen LogP contribution in [0.2, 0.25) is 0 Å². The fourth-order valence-corrected chi connectivity index (χ4v) is 3.08. The topological polar surface area (TPSA) is 20.2 Å². The summed E-state index contributed by atoms with van der Waals surface area (Å²) in [5, 5.41) is 10.4. The predicted molar refractivity (Wildman–Crippen MR) is 73.7 cm³/mol. The fourth-order valence-electron chi connectivity index (χ4n) is 3.08. The number of aliphatic hydroxyl groups excluding tert-OH is 1. The van der Waals surface area contributed by atoms with Crippen molar-refractivity contribution >= 4 is 0 Å². The van der Waals surface area contributed by atoms with Gasteiger partial charge in [-0.1, -0.05) is 42.5 Å². The Kier molecular flexibility index (Phi) is 3.49. The second-order valence-corrected chi connectivity index (χ2v) is 5.47. The lowest BCUT2D eigenvalue weighted by Gasteiger charge is -2.22. The third-order valence-corrected chi connectivity index (χ3v) is 4.11. The molecule has 4 heteroatoms. The largest absolute Gasteiger partial charge is 0.416 e. The number of aliphatic hydroxyl groups is 1. The summed E-state index contributed by atoms with van der Waals surface area (Å²) in [5.41, 5.74) is 1.47. The van der Waals surface area contributed by atoms with Gasteiger partial charge in [0.25, 0.3) is 0 Å². The molecule has 1 nitrogen and oxygen atoms in total. The zero-order valence-corrected chi connectivity index (χ0v) is 11.3. The van der Waals surface area contributed by atoms with Gasteiger partial charge < -0.3 is 5.11 Å². The highest BCUT2D eigenvalue weighted by molar-refractivity contribution is 5.36. The van der Waals surface area contributed by atoms with E-state index in [4.69, 9.17) is 0 Å². The summed E-state index contributed by atoms with van der Waals surface area (Å²) in [6.45, 7) is 0. The average Bonchev–Trinajstić information content (AvgIpc) is 2.89. The molecule has 1 unspecified atom stereocenters. The lowest BCUT2D eigenvalue weighted by molar-refractivity contribution is -0.139. The van der Waals surface area contributed by atoms with Crippen LogP contribution in [0.5, 0.6) is 0 Å². The normalized spacial score (nSPS) is 16.8. The van der Waals surface area contributed by atoms with Crippen molar-refractivity contribution in [2.24, 2.45) is 5.92 Å². The van der Waals surface area contributed by atoms with E-state index in [1.165, 1.54) is 18.2 Å². The Morgan fingerprint density at radius 1 is 0.905 bits per heavy atom. The minimum atomic E-state index is -4.44. The van der Waals surface area contributed by atoms with Crippen LogP contribution in [-0.2, 0) is 19.0 Å². The van der Waals surface area contributed by atoms with E-state index in [-0.39, 0.29) is 11.5 Å². The van der Waals surface area contributed by atoms with E-state index < -0.39 is 17.8 Å². The molecular formula is C17H15F3O. The summed E-state index contributed by atoms with van der Waals surface area (Å²) in [4.78, 5) is 0. The van der Waals surface area contributed by atoms with Crippen molar-refractivity contribution in [3.63, 3.8) is 0 Å². The number of fused-ring (bicyclic) bond motifs is 1. The monoisotopic (exact) mass is 292 g/mol. The fraction of sp³-hybridized carbons (Fsp3) is 0.294. The van der Waals surface area contributed by atoms with Gasteiger partial charge in [-0.3, -0.25) is 0 Å². The summed E-state index contributed by atoms with van der Waals surface area (Å²) in [7, 11) is 0. The van der Waals surface area contributed by atoms with Gasteiger partial charge in [-0.2, -0.15) is 13.2 Å². The van der Waals surface area contributed by atoms with Crippen molar-refractivity contribution in [3.05, 3.63) is 70.8 Å². The molecule has 3 rings (SSSR count). The maximum absolute atomic E-state index is 13.0. The molecule has 2 aromatic rings. The molecule has 1 atom stereocenters. The van der Waals surface area contributed by atoms with E-state index in [0.29, 0.717) is 12.8 Å². The molecule has 0 radical (unpaired) electrons. The summed E-state index contributed by atoms with van der Waals surface area (Å²) < 4.78 is 39.1. The van der Waals surface area contributed by atoms with Crippen LogP contribution in [0.1, 0.15) is 28.4 Å². The lowest BCUT2D eigenvalue weighted by atomic mass is 9.90. The maximum atomic E-state index is 13.0. The number of rotatable bonds is 2. The van der Waals surface area contributed by atoms with Crippen molar-refractivity contribution in [2.75, 3.05) is 0 Å². The molecule has 0 bridgehead atoms. The molecule has 0 heterocycles. The molecule has 1 aliphatic rings. The second-order valence-electron chi connectivity index (χ2n) is 5.47. The molecule has 21 heavy (non-hydrogen) atoms. The maximum Gasteiger partial charge on any atom is 0.416 e. The van der Waals surface area contributed by atoms with E-state index in [1.54, 1.807) is 0 Å². The van der Waals surface area contributed by atoms with Crippen molar-refractivity contribution in [1.29, 1.82) is 0 Å². The van der Waals surface area contributed by atoms with Crippen LogP contribution in [-0.4, -0.2) is 5.11 Å². The van der Waals surface area contributed by atoms with Crippen molar-refractivity contribution in [1.82, 2.24) is 0 Å². The Balaban J connectivity index is 1.90. The quantitative estimate of drug-likeness (QED) is 0.881. The number of hydrogen-bond acceptors (Lipinski definition) is 1. The van der Waals surface area contributed by atoms with Crippen molar-refractivity contribution < 1.29 is 18.3 Å². The van der Waals surface area contributed by atoms with E-state index in [1.807, 2.05) is 24.3 Å². The third kappa shape index (κ3) is 2.68. The molecule has 0 spiro atoms. The molecule has 0 saturated heterocycles. The van der Waals surface area contributed by atoms with Gasteiger partial charge in [0.05, 0.1) is 11.7 Å². The molecule has 0 amide bonds. The van der Waals surface area contributed by atoms with Crippen LogP contribution in [0.3, 0.4) is 0 Å². The summed E-state index contributed by atoms with van der Waals surface area (Å²) in [5.74, 6) is -0.203. The first kappa shape index (κ1) is 14.1. The highest BCUT2D eigenvalue weighted by Crippen LogP contribution is 2.40. The summed E-state index contributed by atoms with van der Waals surface area (Å²) in [6, 6.07) is 13.1. The molecule has 0 aliphatic heterocycles. The molecule has 0 fully saturated rings. The van der Waals surface area contributed by atoms with Crippen molar-refractivity contribution in [2.45, 2.75) is 25.1 Å². The van der Waals surface area contributed by atoms with Gasteiger partial charge in [0, 0.05) is 0 Å². The van der Waals surface area contributed by atoms with E-state index in [2.05, 4.69) is 0 Å². The Labute approximate surface area is 121 Å². The Bertz CT molecular complexity index is 623. The number of halogens is 3. The molecule has 1 N–H and O–H groups in total. The zero-order chi connectivity index (χ0) is 15.0. The molecule has 0 saturated carbocycles. The first-order valence-electron chi connectivity index (χ1n) is 6.88. The van der Waals surface area contributed by atoms with Gasteiger partial charge in [0.2, 0.25) is 0 Å². The van der Waals surface area contributed by atoms with E-state index >= 15 is 0 Å². The Morgan fingerprint density at radius 2 is 1.43 bits per heavy atom. The first-order chi connectivity index (χ1) is 9.97. The molecule has 2 aromatic carbocycles. The first-order valence-corrected chi connectivity index (χ1v) is 6.88. The number of alkyl halides is 3. The van der Waals surface area contributed by atoms with E-state index in [9.17, 15) is 18.3 Å². The molecule has 110 valence electrons. The smallest absolute Gasteiger partial charge is 0.388 e. The van der Waals surface area contributed by atoms with Crippen LogP contribution in [0, 0.1) is 5.92 Å². The second kappa shape index (κ2) is 5.19. The summed E-state index contributed by atoms with van der Waals surface area (Å²) >= 11 is 0. The Morgan fingerprint density at radius 3 is 2.00 bits per heavy atom. The Hall–Kier alpha value is -1.81. The number of hydrogen-bond donors (Lipinski definition) is 1. The van der Waals surface area contributed by atoms with Gasteiger partial charge in [0.1, 0.15) is 0 Å². The standard InChI is InChI=1S/C17H15F3O/c18-17(19,20)15-8-4-3-7-14(15)16(21)13-9-11-5-1-2-6-12(11)10-13/h1-8,13,16,21H,9-10H2. The highest BCUT2D eigenvalue weighted by atomic mass is 19.4. The lowest BCUT2D eigenvalue weighted by Crippen LogP contribution is -2.18. The summed E-state index contributed by atoms with van der Waals surface area (Å²) in [6.07, 6.45) is -4.31. The van der Waals surface area contributed by atoms with Crippen LogP contribution in [0.4, 0.5) is 13.2 Å². The van der Waals surface area contributed by atoms with Gasteiger partial charge in [-0.05, 0) is 41.5 Å². The van der Waals surface area contributed by atoms with E-state index in [0.717, 1.165) is 17.2 Å². The molecular weight excluding hydrogens is 277 g/mol. The van der Waals surface area contributed by atoms with Crippen molar-refractivity contribution in [3.8, 4) is 0 Å². The van der Waals surface area contributed by atoms with Crippen LogP contribution in [0.15, 0.2) is 48.5 Å². The van der Waals surface area contributed by atoms with Gasteiger partial charge in [-0.25, -0.2) is 0 Å². The number of benzene rings is 2. The molecule has 1 aliphatic carbocycles. The van der Waals surface area contributed by atoms with Gasteiger partial charge >= 0.3 is 6.18 Å². The minimum absolute atomic E-state index is 0.0252. The van der Waals surface area contributed by atoms with Crippen LogP contribution < -0.4 is 0 Å². The van der Waals surface area contributed by atoms with Gasteiger partial charge in [-0.15, -0.1) is 0 Å². The zero-order valence-electron chi connectivity index (χ0n) is 11.3. The SMILES string of the molecule is OC(c1ccccc1C(F)(F)F)C1Cc2ccccc2C1. The minimum Gasteiger partial charge on any atom is -0.388 e. The average molecular weight is 292 g/mol. The van der Waals surface area contributed by atoms with Crippen LogP contribution >= 0.6 is 0 Å².